The fraction of sp³-hybridized carbons (Fsp3) is 0.0556. The summed E-state index contributed by atoms with van der Waals surface area (Å²) in [6.45, 7) is 0. The normalized spacial score (nSPS) is 10.2. The third-order valence-corrected chi connectivity index (χ3v) is 3.89. The van der Waals surface area contributed by atoms with Gasteiger partial charge in [-0.25, -0.2) is 9.97 Å². The van der Waals surface area contributed by atoms with Gasteiger partial charge in [-0.2, -0.15) is 0 Å². The molecule has 1 amide bonds. The van der Waals surface area contributed by atoms with Crippen LogP contribution in [0.2, 0.25) is 0 Å². The summed E-state index contributed by atoms with van der Waals surface area (Å²) in [5.74, 6) is 0.869. The first-order chi connectivity index (χ1) is 12.1. The lowest BCUT2D eigenvalue weighted by atomic mass is 10.2. The van der Waals surface area contributed by atoms with E-state index < -0.39 is 0 Å². The predicted molar refractivity (Wildman–Crippen MR) is 100 cm³/mol. The van der Waals surface area contributed by atoms with E-state index in [-0.39, 0.29) is 5.91 Å². The molecule has 0 saturated heterocycles. The van der Waals surface area contributed by atoms with Crippen molar-refractivity contribution in [1.82, 2.24) is 9.97 Å². The molecule has 7 heteroatoms. The van der Waals surface area contributed by atoms with Gasteiger partial charge in [-0.15, -0.1) is 0 Å². The highest BCUT2D eigenvalue weighted by Crippen LogP contribution is 2.18. The van der Waals surface area contributed by atoms with Gasteiger partial charge in [0.2, 0.25) is 5.95 Å². The molecule has 0 atom stereocenters. The fourth-order valence-corrected chi connectivity index (χ4v) is 2.31. The average Bonchev–Trinajstić information content (AvgIpc) is 2.65. The topological polar surface area (TPSA) is 76.1 Å². The molecule has 3 rings (SSSR count). The highest BCUT2D eigenvalue weighted by Gasteiger charge is 2.08. The molecule has 126 valence electrons. The number of rotatable bonds is 5. The van der Waals surface area contributed by atoms with Crippen molar-refractivity contribution in [1.29, 1.82) is 0 Å². The lowest BCUT2D eigenvalue weighted by Crippen LogP contribution is -2.13. The van der Waals surface area contributed by atoms with E-state index in [1.807, 2.05) is 24.3 Å². The molecule has 2 N–H and O–H groups in total. The van der Waals surface area contributed by atoms with Crippen LogP contribution in [-0.4, -0.2) is 23.0 Å². The van der Waals surface area contributed by atoms with Gasteiger partial charge in [0.1, 0.15) is 5.75 Å². The maximum absolute atomic E-state index is 12.2. The molecule has 0 spiro atoms. The largest absolute Gasteiger partial charge is 0.497 e. The summed E-state index contributed by atoms with van der Waals surface area (Å²) in [6, 6.07) is 14.7. The molecule has 0 unspecified atom stereocenters. The Morgan fingerprint density at radius 2 is 1.56 bits per heavy atom. The molecule has 0 bridgehead atoms. The van der Waals surface area contributed by atoms with Crippen molar-refractivity contribution in [2.45, 2.75) is 0 Å². The molecule has 0 radical (unpaired) electrons. The zero-order chi connectivity index (χ0) is 17.6. The molecule has 0 saturated carbocycles. The molecule has 0 aliphatic heterocycles. The van der Waals surface area contributed by atoms with Crippen LogP contribution >= 0.6 is 15.9 Å². The van der Waals surface area contributed by atoms with E-state index in [0.29, 0.717) is 17.2 Å². The van der Waals surface area contributed by atoms with Gasteiger partial charge >= 0.3 is 0 Å². The van der Waals surface area contributed by atoms with Crippen LogP contribution in [0.5, 0.6) is 5.75 Å². The average molecular weight is 399 g/mol. The van der Waals surface area contributed by atoms with E-state index in [9.17, 15) is 4.79 Å². The highest BCUT2D eigenvalue weighted by molar-refractivity contribution is 9.10. The maximum Gasteiger partial charge on any atom is 0.258 e. The second kappa shape index (κ2) is 7.76. The molecular weight excluding hydrogens is 384 g/mol. The van der Waals surface area contributed by atoms with Gasteiger partial charge in [0.15, 0.2) is 0 Å². The van der Waals surface area contributed by atoms with Gasteiger partial charge in [0.25, 0.3) is 5.91 Å². The molecule has 0 aliphatic rings. The van der Waals surface area contributed by atoms with Crippen LogP contribution in [0.1, 0.15) is 10.4 Å². The molecule has 3 aromatic rings. The van der Waals surface area contributed by atoms with E-state index in [0.717, 1.165) is 15.9 Å². The Labute approximate surface area is 153 Å². The van der Waals surface area contributed by atoms with E-state index in [2.05, 4.69) is 36.5 Å². The summed E-state index contributed by atoms with van der Waals surface area (Å²) in [4.78, 5) is 20.6. The predicted octanol–water partition coefficient (Wildman–Crippen LogP) is 4.24. The number of anilines is 3. The molecule has 2 aromatic carbocycles. The minimum absolute atomic E-state index is 0.277. The first-order valence-electron chi connectivity index (χ1n) is 7.44. The number of carbonyl (C=O) groups is 1. The Morgan fingerprint density at radius 3 is 2.16 bits per heavy atom. The first-order valence-corrected chi connectivity index (χ1v) is 8.23. The van der Waals surface area contributed by atoms with E-state index >= 15 is 0 Å². The van der Waals surface area contributed by atoms with Gasteiger partial charge in [0, 0.05) is 28.2 Å². The number of carbonyl (C=O) groups excluding carboxylic acids is 1. The molecular formula is C18H15BrN4O2. The highest BCUT2D eigenvalue weighted by atomic mass is 79.9. The molecule has 1 aromatic heterocycles. The lowest BCUT2D eigenvalue weighted by Gasteiger charge is -2.07. The number of nitrogens with one attached hydrogen (secondary N) is 2. The van der Waals surface area contributed by atoms with Crippen molar-refractivity contribution in [3.63, 3.8) is 0 Å². The Morgan fingerprint density at radius 1 is 0.960 bits per heavy atom. The summed E-state index contributed by atoms with van der Waals surface area (Å²) in [7, 11) is 1.59. The molecule has 0 fully saturated rings. The van der Waals surface area contributed by atoms with Crippen LogP contribution in [-0.2, 0) is 0 Å². The third-order valence-electron chi connectivity index (χ3n) is 3.36. The number of aromatic nitrogens is 2. The summed E-state index contributed by atoms with van der Waals surface area (Å²) >= 11 is 3.38. The van der Waals surface area contributed by atoms with Crippen LogP contribution in [0, 0.1) is 0 Å². The summed E-state index contributed by atoms with van der Waals surface area (Å²) in [6.07, 6.45) is 2.96. The first kappa shape index (κ1) is 16.9. The van der Waals surface area contributed by atoms with E-state index in [1.54, 1.807) is 31.4 Å². The van der Waals surface area contributed by atoms with Gasteiger partial charge in [0.05, 0.1) is 12.7 Å². The van der Waals surface area contributed by atoms with Crippen LogP contribution in [0.25, 0.3) is 0 Å². The van der Waals surface area contributed by atoms with Gasteiger partial charge < -0.3 is 15.4 Å². The second-order valence-electron chi connectivity index (χ2n) is 5.11. The number of benzene rings is 2. The van der Waals surface area contributed by atoms with Crippen molar-refractivity contribution in [2.75, 3.05) is 17.7 Å². The quantitative estimate of drug-likeness (QED) is 0.671. The SMILES string of the molecule is COc1ccc(NC(=O)c2cnc(Nc3ccc(Br)cc3)nc2)cc1. The Kier molecular flexibility index (Phi) is 5.25. The van der Waals surface area contributed by atoms with Crippen molar-refractivity contribution in [2.24, 2.45) is 0 Å². The van der Waals surface area contributed by atoms with Crippen LogP contribution in [0.15, 0.2) is 65.4 Å². The van der Waals surface area contributed by atoms with Gasteiger partial charge in [-0.3, -0.25) is 4.79 Å². The Balaban J connectivity index is 1.64. The Hall–Kier alpha value is -2.93. The zero-order valence-corrected chi connectivity index (χ0v) is 14.9. The fourth-order valence-electron chi connectivity index (χ4n) is 2.05. The van der Waals surface area contributed by atoms with Crippen molar-refractivity contribution in [3.8, 4) is 5.75 Å². The third kappa shape index (κ3) is 4.54. The lowest BCUT2D eigenvalue weighted by molar-refractivity contribution is 0.102. The minimum Gasteiger partial charge on any atom is -0.497 e. The number of hydrogen-bond donors (Lipinski definition) is 2. The second-order valence-corrected chi connectivity index (χ2v) is 6.03. The van der Waals surface area contributed by atoms with Crippen molar-refractivity contribution >= 4 is 39.2 Å². The van der Waals surface area contributed by atoms with Crippen molar-refractivity contribution in [3.05, 3.63) is 71.0 Å². The zero-order valence-electron chi connectivity index (χ0n) is 13.4. The molecule has 25 heavy (non-hydrogen) atoms. The summed E-state index contributed by atoms with van der Waals surface area (Å²) < 4.78 is 6.08. The number of amides is 1. The summed E-state index contributed by atoms with van der Waals surface area (Å²) in [5.41, 5.74) is 1.90. The molecule has 6 nitrogen and oxygen atoms in total. The number of hydrogen-bond acceptors (Lipinski definition) is 5. The van der Waals surface area contributed by atoms with E-state index in [1.165, 1.54) is 12.4 Å². The number of methoxy groups -OCH3 is 1. The van der Waals surface area contributed by atoms with Crippen LogP contribution < -0.4 is 15.4 Å². The number of halogens is 1. The maximum atomic E-state index is 12.2. The van der Waals surface area contributed by atoms with E-state index in [4.69, 9.17) is 4.74 Å². The monoisotopic (exact) mass is 398 g/mol. The Bertz CT molecular complexity index is 850. The minimum atomic E-state index is -0.277. The molecule has 0 aliphatic carbocycles. The van der Waals surface area contributed by atoms with Crippen LogP contribution in [0.4, 0.5) is 17.3 Å². The van der Waals surface area contributed by atoms with Gasteiger partial charge in [-0.05, 0) is 48.5 Å². The van der Waals surface area contributed by atoms with Crippen LogP contribution in [0.3, 0.4) is 0 Å². The standard InChI is InChI=1S/C18H15BrN4O2/c1-25-16-8-6-14(7-9-16)22-17(24)12-10-20-18(21-11-12)23-15-4-2-13(19)3-5-15/h2-11H,1H3,(H,22,24)(H,20,21,23). The molecule has 1 heterocycles. The number of ether oxygens (including phenoxy) is 1. The summed E-state index contributed by atoms with van der Waals surface area (Å²) in [5, 5.41) is 5.86. The smallest absolute Gasteiger partial charge is 0.258 e. The number of nitrogens with zero attached hydrogens (tertiary/aromatic N) is 2. The van der Waals surface area contributed by atoms with Gasteiger partial charge in [-0.1, -0.05) is 15.9 Å². The van der Waals surface area contributed by atoms with Crippen molar-refractivity contribution < 1.29 is 9.53 Å².